The van der Waals surface area contributed by atoms with Crippen molar-refractivity contribution in [3.05, 3.63) is 63.8 Å². The van der Waals surface area contributed by atoms with Gasteiger partial charge in [-0.2, -0.15) is 0 Å². The number of aromatic nitrogens is 1. The predicted molar refractivity (Wildman–Crippen MR) is 118 cm³/mol. The van der Waals surface area contributed by atoms with Crippen LogP contribution in [0.3, 0.4) is 0 Å². The Hall–Kier alpha value is -3.46. The van der Waals surface area contributed by atoms with Gasteiger partial charge < -0.3 is 15.5 Å². The van der Waals surface area contributed by atoms with E-state index in [2.05, 4.69) is 5.32 Å². The molecule has 33 heavy (non-hydrogen) atoms. The number of amides is 1. The Labute approximate surface area is 192 Å². The van der Waals surface area contributed by atoms with Gasteiger partial charge in [0.15, 0.2) is 11.6 Å². The molecule has 2 aromatic carbocycles. The van der Waals surface area contributed by atoms with Crippen molar-refractivity contribution in [1.29, 1.82) is 0 Å². The maximum Gasteiger partial charge on any atom is 0.305 e. The van der Waals surface area contributed by atoms with Crippen LogP contribution in [0.1, 0.15) is 47.8 Å². The van der Waals surface area contributed by atoms with E-state index in [0.717, 1.165) is 22.8 Å². The molecule has 174 valence electrons. The van der Waals surface area contributed by atoms with E-state index < -0.39 is 47.1 Å². The van der Waals surface area contributed by atoms with Gasteiger partial charge in [-0.15, -0.1) is 0 Å². The number of fused-ring (bicyclic) bond motifs is 1. The number of hydrogen-bond acceptors (Lipinski definition) is 4. The highest BCUT2D eigenvalue weighted by Gasteiger charge is 2.28. The minimum absolute atomic E-state index is 0.0517. The molecule has 0 aliphatic rings. The van der Waals surface area contributed by atoms with Gasteiger partial charge in [0.25, 0.3) is 5.91 Å². The van der Waals surface area contributed by atoms with Crippen molar-refractivity contribution in [2.24, 2.45) is 0 Å². The first kappa shape index (κ1) is 24.2. The molecular weight excluding hydrogens is 458 g/mol. The van der Waals surface area contributed by atoms with E-state index in [-0.39, 0.29) is 33.6 Å². The number of phenols is 1. The lowest BCUT2D eigenvalue weighted by molar-refractivity contribution is -0.137. The molecule has 3 rings (SSSR count). The van der Waals surface area contributed by atoms with Gasteiger partial charge in [0.1, 0.15) is 5.82 Å². The van der Waals surface area contributed by atoms with E-state index in [1.807, 2.05) is 0 Å². The summed E-state index contributed by atoms with van der Waals surface area (Å²) in [5, 5.41) is 21.5. The Kier molecular flexibility index (Phi) is 6.73. The highest BCUT2D eigenvalue weighted by atomic mass is 35.5. The number of aromatic hydroxyl groups is 1. The number of rotatable bonds is 6. The highest BCUT2D eigenvalue weighted by molar-refractivity contribution is 6.30. The number of carboxylic acids is 1. The molecule has 1 amide bonds. The number of aliphatic carboxylic acids is 1. The van der Waals surface area contributed by atoms with Crippen molar-refractivity contribution >= 4 is 40.3 Å². The fourth-order valence-electron chi connectivity index (χ4n) is 3.83. The third kappa shape index (κ3) is 4.68. The van der Waals surface area contributed by atoms with Gasteiger partial charge in [-0.05, 0) is 50.6 Å². The van der Waals surface area contributed by atoms with Gasteiger partial charge in [-0.25, -0.2) is 8.78 Å². The standard InChI is InChI=1S/C23H21ClF2N2O5/c1-10(6-20(30)31)27-22(32)11(2)21-12(3)28(18-9-17(26)19(29)8-14(18)21)23(33)13-4-5-15(24)16(25)7-13/h4-5,7-11,29H,6H2,1-3H3,(H,27,32)(H,30,31). The van der Waals surface area contributed by atoms with Crippen molar-refractivity contribution in [2.75, 3.05) is 0 Å². The number of hydrogen-bond donors (Lipinski definition) is 3. The molecule has 0 bridgehead atoms. The van der Waals surface area contributed by atoms with Crippen molar-refractivity contribution in [3.8, 4) is 5.75 Å². The topological polar surface area (TPSA) is 109 Å². The van der Waals surface area contributed by atoms with E-state index in [9.17, 15) is 28.3 Å². The van der Waals surface area contributed by atoms with Gasteiger partial charge in [0, 0.05) is 28.8 Å². The van der Waals surface area contributed by atoms with E-state index in [1.165, 1.54) is 19.1 Å². The monoisotopic (exact) mass is 478 g/mol. The second-order valence-corrected chi connectivity index (χ2v) is 8.23. The quantitative estimate of drug-likeness (QED) is 0.488. The highest BCUT2D eigenvalue weighted by Crippen LogP contribution is 2.36. The van der Waals surface area contributed by atoms with Crippen LogP contribution in [0.2, 0.25) is 5.02 Å². The smallest absolute Gasteiger partial charge is 0.305 e. The summed E-state index contributed by atoms with van der Waals surface area (Å²) >= 11 is 5.70. The summed E-state index contributed by atoms with van der Waals surface area (Å²) in [4.78, 5) is 37.0. The van der Waals surface area contributed by atoms with E-state index in [0.29, 0.717) is 5.56 Å². The molecule has 0 aliphatic heterocycles. The second kappa shape index (κ2) is 9.19. The van der Waals surface area contributed by atoms with Crippen molar-refractivity contribution in [1.82, 2.24) is 9.88 Å². The molecular formula is C23H21ClF2N2O5. The van der Waals surface area contributed by atoms with Crippen molar-refractivity contribution in [2.45, 2.75) is 39.2 Å². The lowest BCUT2D eigenvalue weighted by atomic mass is 9.96. The zero-order valence-corrected chi connectivity index (χ0v) is 18.7. The van der Waals surface area contributed by atoms with E-state index >= 15 is 0 Å². The maximum absolute atomic E-state index is 14.2. The molecule has 1 aromatic heterocycles. The lowest BCUT2D eigenvalue weighted by Crippen LogP contribution is -2.37. The summed E-state index contributed by atoms with van der Waals surface area (Å²) in [6, 6.07) is 4.91. The molecule has 3 aromatic rings. The van der Waals surface area contributed by atoms with E-state index in [4.69, 9.17) is 16.7 Å². The van der Waals surface area contributed by atoms with Crippen LogP contribution in [-0.2, 0) is 9.59 Å². The number of phenolic OH excluding ortho intramolecular Hbond substituents is 1. The molecule has 0 fully saturated rings. The minimum atomic E-state index is -1.08. The first-order valence-corrected chi connectivity index (χ1v) is 10.4. The van der Waals surface area contributed by atoms with Gasteiger partial charge in [-0.1, -0.05) is 11.6 Å². The Bertz CT molecular complexity index is 1290. The largest absolute Gasteiger partial charge is 0.505 e. The number of nitrogens with zero attached hydrogens (tertiary/aromatic N) is 1. The number of carbonyl (C=O) groups is 3. The molecule has 0 radical (unpaired) electrons. The number of nitrogens with one attached hydrogen (secondary N) is 1. The van der Waals surface area contributed by atoms with Gasteiger partial charge >= 0.3 is 5.97 Å². The first-order chi connectivity index (χ1) is 15.4. The third-order valence-corrected chi connectivity index (χ3v) is 5.69. The Morgan fingerprint density at radius 2 is 1.79 bits per heavy atom. The Morgan fingerprint density at radius 3 is 2.39 bits per heavy atom. The average Bonchev–Trinajstić information content (AvgIpc) is 2.99. The number of benzene rings is 2. The fraction of sp³-hybridized carbons (Fsp3) is 0.261. The summed E-state index contributed by atoms with van der Waals surface area (Å²) in [6.45, 7) is 4.62. The summed E-state index contributed by atoms with van der Waals surface area (Å²) in [5.41, 5.74) is 0.646. The molecule has 10 heteroatoms. The average molecular weight is 479 g/mol. The summed E-state index contributed by atoms with van der Waals surface area (Å²) < 4.78 is 29.3. The molecule has 2 atom stereocenters. The van der Waals surface area contributed by atoms with Crippen LogP contribution in [0, 0.1) is 18.6 Å². The lowest BCUT2D eigenvalue weighted by Gasteiger charge is -2.17. The molecule has 0 saturated carbocycles. The van der Waals surface area contributed by atoms with Crippen LogP contribution in [0.25, 0.3) is 10.9 Å². The van der Waals surface area contributed by atoms with Crippen LogP contribution < -0.4 is 5.32 Å². The summed E-state index contributed by atoms with van der Waals surface area (Å²) in [7, 11) is 0. The van der Waals surface area contributed by atoms with Crippen LogP contribution in [-0.4, -0.2) is 38.6 Å². The molecule has 1 heterocycles. The van der Waals surface area contributed by atoms with E-state index in [1.54, 1.807) is 13.8 Å². The maximum atomic E-state index is 14.2. The van der Waals surface area contributed by atoms with Crippen LogP contribution >= 0.6 is 11.6 Å². The van der Waals surface area contributed by atoms with Crippen LogP contribution in [0.15, 0.2) is 30.3 Å². The molecule has 7 nitrogen and oxygen atoms in total. The zero-order valence-electron chi connectivity index (χ0n) is 17.9. The van der Waals surface area contributed by atoms with Gasteiger partial charge in [-0.3, -0.25) is 19.0 Å². The predicted octanol–water partition coefficient (Wildman–Crippen LogP) is 4.36. The molecule has 0 aliphatic carbocycles. The molecule has 3 N–H and O–H groups in total. The number of carbonyl (C=O) groups excluding carboxylic acids is 2. The third-order valence-electron chi connectivity index (χ3n) is 5.39. The van der Waals surface area contributed by atoms with Crippen molar-refractivity contribution < 1.29 is 33.4 Å². The minimum Gasteiger partial charge on any atom is -0.505 e. The second-order valence-electron chi connectivity index (χ2n) is 7.82. The number of carboxylic acid groups (broad SMARTS) is 1. The first-order valence-electron chi connectivity index (χ1n) is 9.97. The van der Waals surface area contributed by atoms with Crippen LogP contribution in [0.4, 0.5) is 8.78 Å². The molecule has 0 saturated heterocycles. The molecule has 2 unspecified atom stereocenters. The molecule has 0 spiro atoms. The Balaban J connectivity index is 2.14. The van der Waals surface area contributed by atoms with Crippen LogP contribution in [0.5, 0.6) is 5.75 Å². The fourth-order valence-corrected chi connectivity index (χ4v) is 3.94. The summed E-state index contributed by atoms with van der Waals surface area (Å²) in [6.07, 6.45) is -0.286. The zero-order chi connectivity index (χ0) is 24.6. The van der Waals surface area contributed by atoms with Gasteiger partial charge in [0.05, 0.1) is 22.9 Å². The summed E-state index contributed by atoms with van der Waals surface area (Å²) in [5.74, 6) is -5.61. The Morgan fingerprint density at radius 1 is 1.12 bits per heavy atom. The van der Waals surface area contributed by atoms with Crippen molar-refractivity contribution in [3.63, 3.8) is 0 Å². The SMILES string of the molecule is Cc1c(C(C)C(=O)NC(C)CC(=O)O)c2cc(O)c(F)cc2n1C(=O)c1ccc(Cl)c(F)c1. The van der Waals surface area contributed by atoms with Gasteiger partial charge in [0.2, 0.25) is 5.91 Å². The normalized spacial score (nSPS) is 13.0. The number of halogens is 3.